The van der Waals surface area contributed by atoms with Gasteiger partial charge < -0.3 is 9.64 Å². The molecule has 3 amide bonds. The number of amides is 3. The molecule has 2 aliphatic heterocycles. The summed E-state index contributed by atoms with van der Waals surface area (Å²) in [6.45, 7) is 1.31. The van der Waals surface area contributed by atoms with E-state index in [0.717, 1.165) is 41.5 Å². The first kappa shape index (κ1) is 22.6. The summed E-state index contributed by atoms with van der Waals surface area (Å²) in [5, 5.41) is 8.82. The minimum absolute atomic E-state index is 0.195. The van der Waals surface area contributed by atoms with E-state index >= 15 is 0 Å². The second kappa shape index (κ2) is 10.4. The number of benzene rings is 2. The molecule has 2 saturated heterocycles. The summed E-state index contributed by atoms with van der Waals surface area (Å²) < 4.78 is 5.93. The fourth-order valence-corrected chi connectivity index (χ4v) is 4.63. The Kier molecular flexibility index (Phi) is 7.10. The highest BCUT2D eigenvalue weighted by molar-refractivity contribution is 8.18. The lowest BCUT2D eigenvalue weighted by molar-refractivity contribution is -0.136. The number of piperidine rings is 1. The van der Waals surface area contributed by atoms with E-state index in [-0.39, 0.29) is 24.0 Å². The number of likely N-dealkylation sites (tertiary alicyclic amines) is 1. The summed E-state index contributed by atoms with van der Waals surface area (Å²) in [5.74, 6) is -0.139. The summed E-state index contributed by atoms with van der Waals surface area (Å²) in [7, 11) is 0. The van der Waals surface area contributed by atoms with Gasteiger partial charge in [0.05, 0.1) is 16.5 Å². The van der Waals surface area contributed by atoms with Gasteiger partial charge in [-0.15, -0.1) is 0 Å². The van der Waals surface area contributed by atoms with Crippen molar-refractivity contribution in [1.82, 2.24) is 9.80 Å². The first-order valence-electron chi connectivity index (χ1n) is 10.8. The molecule has 0 aromatic heterocycles. The predicted octanol–water partition coefficient (Wildman–Crippen LogP) is 4.19. The predicted molar refractivity (Wildman–Crippen MR) is 125 cm³/mol. The number of rotatable bonds is 6. The summed E-state index contributed by atoms with van der Waals surface area (Å²) in [5.41, 5.74) is 1.93. The van der Waals surface area contributed by atoms with E-state index < -0.39 is 11.1 Å². The normalized spacial score (nSPS) is 17.4. The second-order valence-electron chi connectivity index (χ2n) is 7.80. The number of ether oxygens (including phenoxy) is 1. The third kappa shape index (κ3) is 5.26. The van der Waals surface area contributed by atoms with Gasteiger partial charge in [0.2, 0.25) is 5.91 Å². The Labute approximate surface area is 196 Å². The number of carbonyl (C=O) groups is 3. The molecular weight excluding hydrogens is 438 g/mol. The van der Waals surface area contributed by atoms with Gasteiger partial charge in [-0.3, -0.25) is 19.3 Å². The zero-order valence-electron chi connectivity index (χ0n) is 18.0. The van der Waals surface area contributed by atoms with Crippen LogP contribution < -0.4 is 4.74 Å². The Balaban J connectivity index is 1.47. The molecule has 0 bridgehead atoms. The van der Waals surface area contributed by atoms with Crippen molar-refractivity contribution in [3.8, 4) is 11.8 Å². The van der Waals surface area contributed by atoms with Gasteiger partial charge in [-0.05, 0) is 49.2 Å². The Bertz CT molecular complexity index is 1150. The summed E-state index contributed by atoms with van der Waals surface area (Å²) >= 11 is 0.824. The van der Waals surface area contributed by atoms with Crippen LogP contribution in [0, 0.1) is 11.3 Å². The van der Waals surface area contributed by atoms with E-state index in [0.29, 0.717) is 30.0 Å². The van der Waals surface area contributed by atoms with E-state index in [1.807, 2.05) is 24.3 Å². The van der Waals surface area contributed by atoms with Gasteiger partial charge in [-0.1, -0.05) is 36.4 Å². The van der Waals surface area contributed by atoms with Crippen molar-refractivity contribution in [3.05, 3.63) is 70.1 Å². The van der Waals surface area contributed by atoms with Crippen LogP contribution in [0.3, 0.4) is 0 Å². The van der Waals surface area contributed by atoms with Crippen molar-refractivity contribution in [1.29, 1.82) is 5.26 Å². The molecule has 0 unspecified atom stereocenters. The maximum absolute atomic E-state index is 12.9. The molecule has 7 nitrogen and oxygen atoms in total. The molecule has 4 rings (SSSR count). The van der Waals surface area contributed by atoms with E-state index in [1.54, 1.807) is 35.2 Å². The van der Waals surface area contributed by atoms with Crippen molar-refractivity contribution in [2.45, 2.75) is 25.9 Å². The highest BCUT2D eigenvalue weighted by atomic mass is 32.2. The molecule has 2 aliphatic rings. The van der Waals surface area contributed by atoms with Crippen LogP contribution in [-0.2, 0) is 16.2 Å². The first-order chi connectivity index (χ1) is 16.1. The molecule has 33 heavy (non-hydrogen) atoms. The quantitative estimate of drug-likeness (QED) is 0.599. The third-order valence-electron chi connectivity index (χ3n) is 5.60. The molecule has 2 aromatic carbocycles. The van der Waals surface area contributed by atoms with Gasteiger partial charge in [-0.2, -0.15) is 5.26 Å². The molecule has 8 heteroatoms. The monoisotopic (exact) mass is 461 g/mol. The molecule has 2 aromatic rings. The lowest BCUT2D eigenvalue weighted by Crippen LogP contribution is -2.44. The average Bonchev–Trinajstić information content (AvgIpc) is 3.11. The largest absolute Gasteiger partial charge is 0.488 e. The van der Waals surface area contributed by atoms with Crippen LogP contribution in [0.1, 0.15) is 36.0 Å². The summed E-state index contributed by atoms with van der Waals surface area (Å²) in [4.78, 5) is 40.9. The fraction of sp³-hybridized carbons (Fsp3) is 0.280. The molecule has 0 atom stereocenters. The molecular formula is C25H23N3O4S. The number of para-hydroxylation sites is 1. The van der Waals surface area contributed by atoms with E-state index in [2.05, 4.69) is 6.07 Å². The van der Waals surface area contributed by atoms with Crippen molar-refractivity contribution < 1.29 is 19.1 Å². The standard InChI is InChI=1S/C25H23N3O4S/c26-15-19-9-2-3-10-20(19)17-32-21-11-5-4-8-18(21)14-22-24(30)28(25(31)33-22)16-23(29)27-12-6-1-7-13-27/h2-5,8-11,14H,1,6-7,12-13,16-17H2/b22-14-. The Morgan fingerprint density at radius 1 is 1.06 bits per heavy atom. The van der Waals surface area contributed by atoms with Crippen molar-refractivity contribution >= 4 is 34.9 Å². The minimum Gasteiger partial charge on any atom is -0.488 e. The fourth-order valence-electron chi connectivity index (χ4n) is 3.80. The van der Waals surface area contributed by atoms with Gasteiger partial charge in [-0.25, -0.2) is 0 Å². The molecule has 0 spiro atoms. The maximum Gasteiger partial charge on any atom is 0.294 e. The lowest BCUT2D eigenvalue weighted by Gasteiger charge is -2.27. The van der Waals surface area contributed by atoms with Gasteiger partial charge in [0, 0.05) is 24.2 Å². The van der Waals surface area contributed by atoms with Crippen LogP contribution in [0.15, 0.2) is 53.4 Å². The van der Waals surface area contributed by atoms with Gasteiger partial charge in [0.15, 0.2) is 0 Å². The van der Waals surface area contributed by atoms with E-state index in [4.69, 9.17) is 4.74 Å². The zero-order chi connectivity index (χ0) is 23.2. The Morgan fingerprint density at radius 2 is 1.79 bits per heavy atom. The van der Waals surface area contributed by atoms with Crippen molar-refractivity contribution in [3.63, 3.8) is 0 Å². The number of nitriles is 1. The second-order valence-corrected chi connectivity index (χ2v) is 8.80. The van der Waals surface area contributed by atoms with Crippen LogP contribution in [-0.4, -0.2) is 46.5 Å². The average molecular weight is 462 g/mol. The van der Waals surface area contributed by atoms with Gasteiger partial charge >= 0.3 is 0 Å². The van der Waals surface area contributed by atoms with Crippen LogP contribution in [0.4, 0.5) is 4.79 Å². The van der Waals surface area contributed by atoms with Crippen LogP contribution in [0.5, 0.6) is 5.75 Å². The molecule has 0 radical (unpaired) electrons. The molecule has 2 fully saturated rings. The topological polar surface area (TPSA) is 90.7 Å². The van der Waals surface area contributed by atoms with Crippen molar-refractivity contribution in [2.75, 3.05) is 19.6 Å². The highest BCUT2D eigenvalue weighted by Gasteiger charge is 2.37. The number of hydrogen-bond acceptors (Lipinski definition) is 6. The van der Waals surface area contributed by atoms with Crippen LogP contribution >= 0.6 is 11.8 Å². The van der Waals surface area contributed by atoms with Crippen LogP contribution in [0.2, 0.25) is 0 Å². The van der Waals surface area contributed by atoms with Crippen LogP contribution in [0.25, 0.3) is 6.08 Å². The molecule has 0 aliphatic carbocycles. The number of nitrogens with zero attached hydrogens (tertiary/aromatic N) is 3. The molecule has 168 valence electrons. The number of imide groups is 1. The Morgan fingerprint density at radius 3 is 2.58 bits per heavy atom. The summed E-state index contributed by atoms with van der Waals surface area (Å²) in [6, 6.07) is 16.5. The molecule has 0 N–H and O–H groups in total. The SMILES string of the molecule is N#Cc1ccccc1COc1ccccc1/C=C1\SC(=O)N(CC(=O)N2CCCCC2)C1=O. The molecule has 2 heterocycles. The number of thioether (sulfide) groups is 1. The minimum atomic E-state index is -0.472. The van der Waals surface area contributed by atoms with E-state index in [1.165, 1.54) is 0 Å². The first-order valence-corrected chi connectivity index (χ1v) is 11.6. The lowest BCUT2D eigenvalue weighted by atomic mass is 10.1. The van der Waals surface area contributed by atoms with E-state index in [9.17, 15) is 19.6 Å². The summed E-state index contributed by atoms with van der Waals surface area (Å²) in [6.07, 6.45) is 4.60. The Hall–Kier alpha value is -3.57. The van der Waals surface area contributed by atoms with Crippen molar-refractivity contribution in [2.24, 2.45) is 0 Å². The molecule has 0 saturated carbocycles. The zero-order valence-corrected chi connectivity index (χ0v) is 18.8. The highest BCUT2D eigenvalue weighted by Crippen LogP contribution is 2.34. The van der Waals surface area contributed by atoms with Gasteiger partial charge in [0.25, 0.3) is 11.1 Å². The van der Waals surface area contributed by atoms with Gasteiger partial charge in [0.1, 0.15) is 18.9 Å². The number of carbonyl (C=O) groups excluding carboxylic acids is 3. The number of hydrogen-bond donors (Lipinski definition) is 0. The maximum atomic E-state index is 12.9. The smallest absolute Gasteiger partial charge is 0.294 e. The third-order valence-corrected chi connectivity index (χ3v) is 6.51.